The summed E-state index contributed by atoms with van der Waals surface area (Å²) < 4.78 is 2.15. The van der Waals surface area contributed by atoms with E-state index >= 15 is 0 Å². The molecule has 1 unspecified atom stereocenters. The van der Waals surface area contributed by atoms with Crippen LogP contribution in [0.25, 0.3) is 0 Å². The molecule has 0 fully saturated rings. The molecule has 0 aliphatic carbocycles. The van der Waals surface area contributed by atoms with Gasteiger partial charge in [0, 0.05) is 31.5 Å². The van der Waals surface area contributed by atoms with Crippen LogP contribution in [-0.2, 0) is 13.6 Å². The lowest BCUT2D eigenvalue weighted by Gasteiger charge is -2.11. The van der Waals surface area contributed by atoms with Gasteiger partial charge in [-0.1, -0.05) is 6.92 Å². The van der Waals surface area contributed by atoms with Crippen LogP contribution in [-0.4, -0.2) is 10.6 Å². The highest BCUT2D eigenvalue weighted by Crippen LogP contribution is 1.99. The van der Waals surface area contributed by atoms with Gasteiger partial charge in [0.2, 0.25) is 0 Å². The second kappa shape index (κ2) is 6.43. The smallest absolute Gasteiger partial charge is 0.0361 e. The molecule has 0 spiro atoms. The fourth-order valence-corrected chi connectivity index (χ4v) is 1.10. The highest BCUT2D eigenvalue weighted by Gasteiger charge is 1.99. The predicted molar refractivity (Wildman–Crippen MR) is 67.4 cm³/mol. The van der Waals surface area contributed by atoms with Crippen LogP contribution >= 0.6 is 24.0 Å². The van der Waals surface area contributed by atoms with Crippen molar-refractivity contribution in [1.82, 2.24) is 9.88 Å². The molecule has 0 radical (unpaired) electrons. The normalized spacial score (nSPS) is 12.2. The SMILES string of the molecule is CCC(C)NCc1cccn1C.I. The topological polar surface area (TPSA) is 17.0 Å². The van der Waals surface area contributed by atoms with Crippen LogP contribution in [0.5, 0.6) is 0 Å². The molecule has 3 heteroatoms. The largest absolute Gasteiger partial charge is 0.353 e. The van der Waals surface area contributed by atoms with Crippen molar-refractivity contribution in [3.05, 3.63) is 24.0 Å². The van der Waals surface area contributed by atoms with Crippen molar-refractivity contribution in [2.45, 2.75) is 32.9 Å². The molecule has 0 amide bonds. The minimum absolute atomic E-state index is 0. The molecule has 1 rings (SSSR count). The molecule has 1 heterocycles. The number of hydrogen-bond donors (Lipinski definition) is 1. The van der Waals surface area contributed by atoms with Crippen LogP contribution in [0.1, 0.15) is 26.0 Å². The molecular weight excluding hydrogens is 275 g/mol. The van der Waals surface area contributed by atoms with E-state index in [-0.39, 0.29) is 24.0 Å². The Morgan fingerprint density at radius 2 is 2.23 bits per heavy atom. The molecule has 0 aliphatic rings. The molecule has 0 bridgehead atoms. The van der Waals surface area contributed by atoms with Crippen molar-refractivity contribution >= 4 is 24.0 Å². The van der Waals surface area contributed by atoms with Gasteiger partial charge in [-0.05, 0) is 25.5 Å². The maximum Gasteiger partial charge on any atom is 0.0361 e. The lowest BCUT2D eigenvalue weighted by atomic mass is 10.2. The number of hydrogen-bond acceptors (Lipinski definition) is 1. The Hall–Kier alpha value is -0.0300. The van der Waals surface area contributed by atoms with Gasteiger partial charge in [-0.15, -0.1) is 24.0 Å². The van der Waals surface area contributed by atoms with Crippen LogP contribution in [0.4, 0.5) is 0 Å². The van der Waals surface area contributed by atoms with Gasteiger partial charge in [0.15, 0.2) is 0 Å². The van der Waals surface area contributed by atoms with E-state index in [2.05, 4.69) is 49.1 Å². The monoisotopic (exact) mass is 294 g/mol. The third kappa shape index (κ3) is 4.13. The Morgan fingerprint density at radius 3 is 2.69 bits per heavy atom. The third-order valence-electron chi connectivity index (χ3n) is 2.30. The van der Waals surface area contributed by atoms with E-state index in [1.165, 1.54) is 12.1 Å². The Kier molecular flexibility index (Phi) is 6.41. The zero-order valence-electron chi connectivity index (χ0n) is 8.58. The molecule has 13 heavy (non-hydrogen) atoms. The molecule has 1 aromatic heterocycles. The lowest BCUT2D eigenvalue weighted by Crippen LogP contribution is -2.25. The number of nitrogens with one attached hydrogen (secondary N) is 1. The average Bonchev–Trinajstić information content (AvgIpc) is 2.47. The molecule has 1 atom stereocenters. The van der Waals surface area contributed by atoms with E-state index in [9.17, 15) is 0 Å². The summed E-state index contributed by atoms with van der Waals surface area (Å²) in [5, 5.41) is 3.45. The summed E-state index contributed by atoms with van der Waals surface area (Å²) >= 11 is 0. The van der Waals surface area contributed by atoms with Crippen molar-refractivity contribution < 1.29 is 0 Å². The van der Waals surface area contributed by atoms with Gasteiger partial charge in [-0.25, -0.2) is 0 Å². The summed E-state index contributed by atoms with van der Waals surface area (Å²) in [7, 11) is 2.08. The second-order valence-electron chi connectivity index (χ2n) is 3.30. The van der Waals surface area contributed by atoms with Gasteiger partial charge >= 0.3 is 0 Å². The first-order valence-electron chi connectivity index (χ1n) is 4.57. The predicted octanol–water partition coefficient (Wildman–Crippen LogP) is 2.53. The lowest BCUT2D eigenvalue weighted by molar-refractivity contribution is 0.522. The first-order valence-corrected chi connectivity index (χ1v) is 4.57. The number of nitrogens with zero attached hydrogens (tertiary/aromatic N) is 1. The van der Waals surface area contributed by atoms with Crippen molar-refractivity contribution in [1.29, 1.82) is 0 Å². The van der Waals surface area contributed by atoms with E-state index in [0.29, 0.717) is 6.04 Å². The fraction of sp³-hybridized carbons (Fsp3) is 0.600. The minimum Gasteiger partial charge on any atom is -0.353 e. The maximum absolute atomic E-state index is 3.45. The van der Waals surface area contributed by atoms with E-state index in [4.69, 9.17) is 0 Å². The zero-order valence-corrected chi connectivity index (χ0v) is 10.9. The standard InChI is InChI=1S/C10H18N2.HI/c1-4-9(2)11-8-10-6-5-7-12(10)3;/h5-7,9,11H,4,8H2,1-3H3;1H. The molecule has 0 saturated carbocycles. The Morgan fingerprint density at radius 1 is 1.54 bits per heavy atom. The molecule has 0 saturated heterocycles. The Labute approximate surface area is 97.7 Å². The minimum atomic E-state index is 0. The van der Waals surface area contributed by atoms with E-state index in [1.54, 1.807) is 0 Å². The molecule has 1 N–H and O–H groups in total. The summed E-state index contributed by atoms with van der Waals surface area (Å²) in [5.74, 6) is 0. The molecule has 76 valence electrons. The highest BCUT2D eigenvalue weighted by atomic mass is 127. The maximum atomic E-state index is 3.45. The summed E-state index contributed by atoms with van der Waals surface area (Å²) in [6.45, 7) is 5.38. The quantitative estimate of drug-likeness (QED) is 0.844. The summed E-state index contributed by atoms with van der Waals surface area (Å²) in [6, 6.07) is 4.84. The van der Waals surface area contributed by atoms with Gasteiger partial charge < -0.3 is 9.88 Å². The van der Waals surface area contributed by atoms with Crippen molar-refractivity contribution in [3.8, 4) is 0 Å². The van der Waals surface area contributed by atoms with E-state index in [1.807, 2.05) is 0 Å². The van der Waals surface area contributed by atoms with Gasteiger partial charge in [-0.3, -0.25) is 0 Å². The van der Waals surface area contributed by atoms with Crippen LogP contribution in [0.3, 0.4) is 0 Å². The molecular formula is C10H19IN2. The van der Waals surface area contributed by atoms with Crippen LogP contribution in [0.15, 0.2) is 18.3 Å². The second-order valence-corrected chi connectivity index (χ2v) is 3.30. The van der Waals surface area contributed by atoms with E-state index in [0.717, 1.165) is 6.54 Å². The molecule has 1 aromatic rings. The molecule has 2 nitrogen and oxygen atoms in total. The average molecular weight is 294 g/mol. The van der Waals surface area contributed by atoms with Crippen molar-refractivity contribution in [3.63, 3.8) is 0 Å². The number of aromatic nitrogens is 1. The van der Waals surface area contributed by atoms with Gasteiger partial charge in [0.05, 0.1) is 0 Å². The molecule has 0 aromatic carbocycles. The van der Waals surface area contributed by atoms with Crippen molar-refractivity contribution in [2.75, 3.05) is 0 Å². The Bertz CT molecular complexity index is 233. The first-order chi connectivity index (χ1) is 5.74. The Balaban J connectivity index is 0.00000144. The summed E-state index contributed by atoms with van der Waals surface area (Å²) in [5.41, 5.74) is 1.34. The number of rotatable bonds is 4. The van der Waals surface area contributed by atoms with Gasteiger partial charge in [-0.2, -0.15) is 0 Å². The van der Waals surface area contributed by atoms with Crippen LogP contribution in [0.2, 0.25) is 0 Å². The zero-order chi connectivity index (χ0) is 8.97. The highest BCUT2D eigenvalue weighted by molar-refractivity contribution is 14.0. The van der Waals surface area contributed by atoms with E-state index < -0.39 is 0 Å². The van der Waals surface area contributed by atoms with Gasteiger partial charge in [0.25, 0.3) is 0 Å². The summed E-state index contributed by atoms with van der Waals surface area (Å²) in [4.78, 5) is 0. The fourth-order valence-electron chi connectivity index (χ4n) is 1.10. The third-order valence-corrected chi connectivity index (χ3v) is 2.30. The number of aryl methyl sites for hydroxylation is 1. The van der Waals surface area contributed by atoms with Crippen LogP contribution < -0.4 is 5.32 Å². The summed E-state index contributed by atoms with van der Waals surface area (Å²) in [6.07, 6.45) is 3.26. The van der Waals surface area contributed by atoms with Gasteiger partial charge in [0.1, 0.15) is 0 Å². The first kappa shape index (κ1) is 13.0. The molecule has 0 aliphatic heterocycles. The van der Waals surface area contributed by atoms with Crippen molar-refractivity contribution in [2.24, 2.45) is 7.05 Å². The van der Waals surface area contributed by atoms with Crippen LogP contribution in [0, 0.1) is 0 Å². The number of halogens is 1.